The van der Waals surface area contributed by atoms with Gasteiger partial charge in [0.25, 0.3) is 5.56 Å². The number of fused-ring (bicyclic) bond motifs is 2. The Hall–Kier alpha value is -3.87. The monoisotopic (exact) mass is 489 g/mol. The smallest absolute Gasteiger partial charge is 0.349 e. The summed E-state index contributed by atoms with van der Waals surface area (Å²) in [5, 5.41) is 7.18. The van der Waals surface area contributed by atoms with Crippen molar-refractivity contribution in [3.63, 3.8) is 0 Å². The molecule has 168 valence electrons. The van der Waals surface area contributed by atoms with Gasteiger partial charge in [-0.05, 0) is 46.2 Å². The van der Waals surface area contributed by atoms with Crippen LogP contribution in [0.1, 0.15) is 11.1 Å². The van der Waals surface area contributed by atoms with Crippen molar-refractivity contribution in [1.29, 1.82) is 0 Å². The maximum absolute atomic E-state index is 12.6. The van der Waals surface area contributed by atoms with Gasteiger partial charge < -0.3 is 9.72 Å². The predicted octanol–water partition coefficient (Wildman–Crippen LogP) is 5.61. The van der Waals surface area contributed by atoms with Crippen LogP contribution in [0.5, 0.6) is 5.75 Å². The van der Waals surface area contributed by atoms with E-state index in [0.717, 1.165) is 21.0 Å². The van der Waals surface area contributed by atoms with Crippen molar-refractivity contribution in [3.05, 3.63) is 121 Å². The zero-order valence-corrected chi connectivity index (χ0v) is 19.2. The molecular formula is C26H17Cl2N3O3. The van der Waals surface area contributed by atoms with Gasteiger partial charge in [0.1, 0.15) is 6.61 Å². The lowest BCUT2D eigenvalue weighted by Crippen LogP contribution is -2.32. The van der Waals surface area contributed by atoms with Gasteiger partial charge in [-0.3, -0.25) is 4.79 Å². The topological polar surface area (TPSA) is 76.5 Å². The molecular weight excluding hydrogens is 473 g/mol. The Bertz CT molecular complexity index is 1660. The maximum Gasteiger partial charge on any atom is 0.349 e. The average Bonchev–Trinajstić information content (AvgIpc) is 2.83. The number of H-pyrrole nitrogens is 1. The molecule has 5 aromatic rings. The van der Waals surface area contributed by atoms with Gasteiger partial charge in [0.2, 0.25) is 0 Å². The highest BCUT2D eigenvalue weighted by molar-refractivity contribution is 6.37. The molecule has 0 fully saturated rings. The van der Waals surface area contributed by atoms with Gasteiger partial charge in [-0.25, -0.2) is 4.79 Å². The molecule has 8 heteroatoms. The number of ether oxygens (including phenoxy) is 1. The third kappa shape index (κ3) is 4.21. The summed E-state index contributed by atoms with van der Waals surface area (Å²) < 4.78 is 6.71. The van der Waals surface area contributed by atoms with Gasteiger partial charge in [0.05, 0.1) is 27.2 Å². The van der Waals surface area contributed by atoms with Crippen molar-refractivity contribution in [2.45, 2.75) is 6.61 Å². The molecule has 1 aromatic heterocycles. The molecule has 0 bridgehead atoms. The lowest BCUT2D eigenvalue weighted by atomic mass is 10.1. The van der Waals surface area contributed by atoms with E-state index >= 15 is 0 Å². The first-order valence-electron chi connectivity index (χ1n) is 10.4. The van der Waals surface area contributed by atoms with Crippen LogP contribution in [0.15, 0.2) is 93.6 Å². The molecule has 5 rings (SSSR count). The first-order chi connectivity index (χ1) is 16.5. The van der Waals surface area contributed by atoms with E-state index in [9.17, 15) is 9.59 Å². The third-order valence-electron chi connectivity index (χ3n) is 5.38. The van der Waals surface area contributed by atoms with E-state index in [4.69, 9.17) is 27.9 Å². The van der Waals surface area contributed by atoms with Crippen LogP contribution in [0.2, 0.25) is 10.0 Å². The molecule has 0 saturated carbocycles. The SMILES string of the molecule is O=c1[nH]c2ccccc2c(=O)n1N=Cc1cc(Cl)c(OCc2cccc3ccccc23)c(Cl)c1. The Kier molecular flexibility index (Phi) is 5.92. The fourth-order valence-electron chi connectivity index (χ4n) is 3.74. The molecule has 0 atom stereocenters. The highest BCUT2D eigenvalue weighted by Gasteiger charge is 2.11. The minimum Gasteiger partial charge on any atom is -0.486 e. The molecule has 0 spiro atoms. The minimum absolute atomic E-state index is 0.286. The molecule has 4 aromatic carbocycles. The third-order valence-corrected chi connectivity index (χ3v) is 5.94. The highest BCUT2D eigenvalue weighted by atomic mass is 35.5. The molecule has 6 nitrogen and oxygen atoms in total. The molecule has 0 aliphatic rings. The number of nitrogens with zero attached hydrogens (tertiary/aromatic N) is 2. The molecule has 0 saturated heterocycles. The van der Waals surface area contributed by atoms with Crippen LogP contribution in [0.4, 0.5) is 0 Å². The highest BCUT2D eigenvalue weighted by Crippen LogP contribution is 2.35. The van der Waals surface area contributed by atoms with Gasteiger partial charge >= 0.3 is 5.69 Å². The van der Waals surface area contributed by atoms with Crippen LogP contribution < -0.4 is 16.0 Å². The predicted molar refractivity (Wildman–Crippen MR) is 137 cm³/mol. The Balaban J connectivity index is 1.42. The van der Waals surface area contributed by atoms with Crippen LogP contribution in [0.25, 0.3) is 21.7 Å². The van der Waals surface area contributed by atoms with E-state index in [1.807, 2.05) is 42.5 Å². The van der Waals surface area contributed by atoms with Crippen molar-refractivity contribution in [3.8, 4) is 5.75 Å². The van der Waals surface area contributed by atoms with Crippen molar-refractivity contribution in [1.82, 2.24) is 9.66 Å². The second-order valence-electron chi connectivity index (χ2n) is 7.58. The summed E-state index contributed by atoms with van der Waals surface area (Å²) in [6.45, 7) is 0.288. The van der Waals surface area contributed by atoms with Gasteiger partial charge in [-0.15, -0.1) is 4.68 Å². The van der Waals surface area contributed by atoms with E-state index in [1.165, 1.54) is 6.21 Å². The second-order valence-corrected chi connectivity index (χ2v) is 8.39. The summed E-state index contributed by atoms with van der Waals surface area (Å²) in [5.41, 5.74) is 0.788. The van der Waals surface area contributed by atoms with E-state index < -0.39 is 11.2 Å². The normalized spacial score (nSPS) is 11.5. The van der Waals surface area contributed by atoms with E-state index in [1.54, 1.807) is 36.4 Å². The number of aromatic amines is 1. The van der Waals surface area contributed by atoms with Crippen molar-refractivity contribution < 1.29 is 4.74 Å². The van der Waals surface area contributed by atoms with Gasteiger partial charge in [0.15, 0.2) is 5.75 Å². The number of rotatable bonds is 5. The summed E-state index contributed by atoms with van der Waals surface area (Å²) in [4.78, 5) is 27.6. The number of benzene rings is 4. The Morgan fingerprint density at radius 3 is 2.35 bits per heavy atom. The van der Waals surface area contributed by atoms with Crippen LogP contribution >= 0.6 is 23.2 Å². The summed E-state index contributed by atoms with van der Waals surface area (Å²) in [6, 6.07) is 24.0. The zero-order chi connectivity index (χ0) is 23.7. The van der Waals surface area contributed by atoms with Crippen LogP contribution in [0.3, 0.4) is 0 Å². The van der Waals surface area contributed by atoms with E-state index in [2.05, 4.69) is 10.1 Å². The van der Waals surface area contributed by atoms with E-state index in [-0.39, 0.29) is 16.7 Å². The molecule has 0 aliphatic carbocycles. The summed E-state index contributed by atoms with van der Waals surface area (Å²) in [7, 11) is 0. The Morgan fingerprint density at radius 1 is 0.882 bits per heavy atom. The first-order valence-corrected chi connectivity index (χ1v) is 11.1. The number of hydrogen-bond acceptors (Lipinski definition) is 4. The lowest BCUT2D eigenvalue weighted by Gasteiger charge is -2.12. The fourth-order valence-corrected chi connectivity index (χ4v) is 4.36. The standard InChI is InChI=1S/C26H17Cl2N3O3/c27-21-12-16(14-29-31-25(32)20-10-3-4-11-23(20)30-26(31)33)13-22(28)24(21)34-15-18-8-5-7-17-6-1-2-9-19(17)18/h1-14H,15H2,(H,30,33). The minimum atomic E-state index is -0.646. The van der Waals surface area contributed by atoms with Crippen LogP contribution in [-0.2, 0) is 6.61 Å². The zero-order valence-electron chi connectivity index (χ0n) is 17.7. The number of aromatic nitrogens is 2. The Morgan fingerprint density at radius 2 is 1.56 bits per heavy atom. The number of halogens is 2. The Labute approximate surface area is 203 Å². The van der Waals surface area contributed by atoms with Crippen molar-refractivity contribution in [2.24, 2.45) is 5.10 Å². The molecule has 1 N–H and O–H groups in total. The fraction of sp³-hybridized carbons (Fsp3) is 0.0385. The second kappa shape index (κ2) is 9.17. The number of para-hydroxylation sites is 1. The van der Waals surface area contributed by atoms with Crippen LogP contribution in [-0.4, -0.2) is 15.9 Å². The molecule has 0 amide bonds. The van der Waals surface area contributed by atoms with Gasteiger partial charge in [-0.2, -0.15) is 5.10 Å². The summed E-state index contributed by atoms with van der Waals surface area (Å²) in [5.74, 6) is 0.342. The maximum atomic E-state index is 12.6. The van der Waals surface area contributed by atoms with E-state index in [0.29, 0.717) is 22.2 Å². The quantitative estimate of drug-likeness (QED) is 0.326. The van der Waals surface area contributed by atoms with Crippen LogP contribution in [0, 0.1) is 0 Å². The van der Waals surface area contributed by atoms with Gasteiger partial charge in [0, 0.05) is 0 Å². The molecule has 34 heavy (non-hydrogen) atoms. The van der Waals surface area contributed by atoms with Crippen molar-refractivity contribution in [2.75, 3.05) is 0 Å². The molecule has 0 aliphatic heterocycles. The largest absolute Gasteiger partial charge is 0.486 e. The first kappa shape index (κ1) is 21.9. The number of nitrogens with one attached hydrogen (secondary N) is 1. The number of hydrogen-bond donors (Lipinski definition) is 1. The molecule has 0 radical (unpaired) electrons. The lowest BCUT2D eigenvalue weighted by molar-refractivity contribution is 0.308. The molecule has 0 unspecified atom stereocenters. The van der Waals surface area contributed by atoms with Gasteiger partial charge in [-0.1, -0.05) is 77.8 Å². The summed E-state index contributed by atoms with van der Waals surface area (Å²) >= 11 is 12.9. The summed E-state index contributed by atoms with van der Waals surface area (Å²) in [6.07, 6.45) is 1.34. The average molecular weight is 490 g/mol. The molecule has 1 heterocycles. The van der Waals surface area contributed by atoms with Crippen molar-refractivity contribution >= 4 is 51.1 Å².